The van der Waals surface area contributed by atoms with Gasteiger partial charge in [-0.25, -0.2) is 0 Å². The molecule has 0 aromatic heterocycles. The van der Waals surface area contributed by atoms with E-state index in [1.54, 1.807) is 0 Å². The van der Waals surface area contributed by atoms with E-state index < -0.39 is 0 Å². The van der Waals surface area contributed by atoms with Crippen LogP contribution >= 0.6 is 0 Å². The normalized spacial score (nSPS) is 25.6. The molecule has 1 aromatic rings. The van der Waals surface area contributed by atoms with Gasteiger partial charge in [0.05, 0.1) is 11.6 Å². The molecule has 3 saturated heterocycles. The SMILES string of the molecule is COC1CN(C2CCN(C(=O)CCCc3ccccc3)CC2)C12CCOCC2. The van der Waals surface area contributed by atoms with E-state index in [-0.39, 0.29) is 5.54 Å². The lowest BCUT2D eigenvalue weighted by atomic mass is 9.73. The Balaban J connectivity index is 1.23. The number of hydrogen-bond acceptors (Lipinski definition) is 4. The lowest BCUT2D eigenvalue weighted by Crippen LogP contribution is -2.75. The van der Waals surface area contributed by atoms with E-state index in [4.69, 9.17) is 9.47 Å². The fourth-order valence-electron chi connectivity index (χ4n) is 5.42. The quantitative estimate of drug-likeness (QED) is 0.754. The van der Waals surface area contributed by atoms with Crippen molar-refractivity contribution in [1.82, 2.24) is 9.80 Å². The third-order valence-corrected chi connectivity index (χ3v) is 7.13. The van der Waals surface area contributed by atoms with E-state index in [1.165, 1.54) is 5.56 Å². The van der Waals surface area contributed by atoms with Gasteiger partial charge in [-0.2, -0.15) is 0 Å². The lowest BCUT2D eigenvalue weighted by Gasteiger charge is -2.63. The van der Waals surface area contributed by atoms with E-state index in [1.807, 2.05) is 13.2 Å². The number of methoxy groups -OCH3 is 1. The zero-order chi connectivity index (χ0) is 19.4. The Labute approximate surface area is 169 Å². The predicted octanol–water partition coefficient (Wildman–Crippen LogP) is 2.88. The monoisotopic (exact) mass is 386 g/mol. The summed E-state index contributed by atoms with van der Waals surface area (Å²) in [6.07, 6.45) is 7.25. The first-order chi connectivity index (χ1) is 13.7. The highest BCUT2D eigenvalue weighted by molar-refractivity contribution is 5.76. The van der Waals surface area contributed by atoms with Crippen LogP contribution in [0.2, 0.25) is 0 Å². The zero-order valence-electron chi connectivity index (χ0n) is 17.1. The maximum atomic E-state index is 12.6. The molecule has 3 aliphatic rings. The molecule has 3 heterocycles. The van der Waals surface area contributed by atoms with E-state index in [0.29, 0.717) is 24.5 Å². The van der Waals surface area contributed by atoms with Gasteiger partial charge in [-0.15, -0.1) is 0 Å². The topological polar surface area (TPSA) is 42.0 Å². The van der Waals surface area contributed by atoms with Crippen LogP contribution in [0.1, 0.15) is 44.1 Å². The highest BCUT2D eigenvalue weighted by atomic mass is 16.5. The van der Waals surface area contributed by atoms with Crippen molar-refractivity contribution < 1.29 is 14.3 Å². The molecule has 5 nitrogen and oxygen atoms in total. The Bertz CT molecular complexity index is 637. The van der Waals surface area contributed by atoms with Crippen molar-refractivity contribution in [2.24, 2.45) is 0 Å². The number of benzene rings is 1. The number of nitrogens with zero attached hydrogens (tertiary/aromatic N) is 2. The second-order valence-electron chi connectivity index (χ2n) is 8.54. The molecule has 3 fully saturated rings. The molecule has 154 valence electrons. The fourth-order valence-corrected chi connectivity index (χ4v) is 5.42. The van der Waals surface area contributed by atoms with Crippen LogP contribution in [0, 0.1) is 0 Å². The van der Waals surface area contributed by atoms with Crippen LogP contribution in [-0.4, -0.2) is 73.3 Å². The van der Waals surface area contributed by atoms with Crippen LogP contribution in [0.5, 0.6) is 0 Å². The molecule has 3 aliphatic heterocycles. The van der Waals surface area contributed by atoms with Crippen LogP contribution in [-0.2, 0) is 20.7 Å². The number of carbonyl (C=O) groups is 1. The first-order valence-electron chi connectivity index (χ1n) is 10.9. The summed E-state index contributed by atoms with van der Waals surface area (Å²) in [5.41, 5.74) is 1.50. The van der Waals surface area contributed by atoms with Crippen LogP contribution < -0.4 is 0 Å². The van der Waals surface area contributed by atoms with Crippen molar-refractivity contribution in [3.63, 3.8) is 0 Å². The smallest absolute Gasteiger partial charge is 0.222 e. The van der Waals surface area contributed by atoms with Crippen molar-refractivity contribution >= 4 is 5.91 Å². The van der Waals surface area contributed by atoms with Crippen LogP contribution in [0.15, 0.2) is 30.3 Å². The van der Waals surface area contributed by atoms with Crippen molar-refractivity contribution in [3.05, 3.63) is 35.9 Å². The summed E-state index contributed by atoms with van der Waals surface area (Å²) in [4.78, 5) is 17.4. The number of piperidine rings is 1. The molecule has 0 bridgehead atoms. The van der Waals surface area contributed by atoms with Crippen LogP contribution in [0.3, 0.4) is 0 Å². The number of hydrogen-bond donors (Lipinski definition) is 0. The number of ether oxygens (including phenoxy) is 2. The minimum atomic E-state index is 0.180. The second kappa shape index (κ2) is 8.93. The van der Waals surface area contributed by atoms with E-state index in [9.17, 15) is 4.79 Å². The van der Waals surface area contributed by atoms with Crippen molar-refractivity contribution in [2.75, 3.05) is 40.0 Å². The largest absolute Gasteiger partial charge is 0.381 e. The molecule has 4 rings (SSSR count). The maximum Gasteiger partial charge on any atom is 0.222 e. The fraction of sp³-hybridized carbons (Fsp3) is 0.696. The molecule has 28 heavy (non-hydrogen) atoms. The lowest BCUT2D eigenvalue weighted by molar-refractivity contribution is -0.208. The molecular weight excluding hydrogens is 352 g/mol. The van der Waals surface area contributed by atoms with Gasteiger partial charge in [0.1, 0.15) is 0 Å². The number of amides is 1. The molecule has 0 aliphatic carbocycles. The van der Waals surface area contributed by atoms with Crippen molar-refractivity contribution in [3.8, 4) is 0 Å². The minimum absolute atomic E-state index is 0.180. The average molecular weight is 387 g/mol. The molecule has 0 radical (unpaired) electrons. The summed E-state index contributed by atoms with van der Waals surface area (Å²) in [5.74, 6) is 0.327. The molecule has 0 saturated carbocycles. The van der Waals surface area contributed by atoms with Gasteiger partial charge in [0.25, 0.3) is 0 Å². The highest BCUT2D eigenvalue weighted by Gasteiger charge is 2.56. The minimum Gasteiger partial charge on any atom is -0.381 e. The molecule has 1 atom stereocenters. The Morgan fingerprint density at radius 2 is 1.89 bits per heavy atom. The van der Waals surface area contributed by atoms with Gasteiger partial charge >= 0.3 is 0 Å². The van der Waals surface area contributed by atoms with E-state index in [2.05, 4.69) is 34.1 Å². The average Bonchev–Trinajstić information content (AvgIpc) is 2.75. The van der Waals surface area contributed by atoms with Gasteiger partial charge in [-0.05, 0) is 44.1 Å². The van der Waals surface area contributed by atoms with Crippen molar-refractivity contribution in [1.29, 1.82) is 0 Å². The van der Waals surface area contributed by atoms with Gasteiger partial charge in [0.2, 0.25) is 5.91 Å². The van der Waals surface area contributed by atoms with Crippen LogP contribution in [0.4, 0.5) is 0 Å². The second-order valence-corrected chi connectivity index (χ2v) is 8.54. The molecular formula is C23H34N2O3. The number of aryl methyl sites for hydroxylation is 1. The number of likely N-dealkylation sites (tertiary alicyclic amines) is 2. The maximum absolute atomic E-state index is 12.6. The molecule has 1 amide bonds. The summed E-state index contributed by atoms with van der Waals surface area (Å²) in [5, 5.41) is 0. The first kappa shape index (κ1) is 19.9. The molecule has 0 N–H and O–H groups in total. The van der Waals surface area contributed by atoms with E-state index in [0.717, 1.165) is 71.4 Å². The number of rotatable bonds is 6. The summed E-state index contributed by atoms with van der Waals surface area (Å²) in [6, 6.07) is 11.0. The molecule has 1 aromatic carbocycles. The Kier molecular flexibility index (Phi) is 6.34. The Hall–Kier alpha value is -1.43. The van der Waals surface area contributed by atoms with Gasteiger partial charge in [0.15, 0.2) is 0 Å². The third kappa shape index (κ3) is 3.98. The molecule has 1 spiro atoms. The third-order valence-electron chi connectivity index (χ3n) is 7.13. The molecule has 5 heteroatoms. The standard InChI is InChI=1S/C23H34N2O3/c1-27-21-18-25(23(21)12-16-28-17-13-23)20-10-14-24(15-11-20)22(26)9-5-8-19-6-3-2-4-7-19/h2-4,6-7,20-21H,5,8-18H2,1H3. The summed E-state index contributed by atoms with van der Waals surface area (Å²) >= 11 is 0. The van der Waals surface area contributed by atoms with Gasteiger partial charge in [-0.3, -0.25) is 9.69 Å². The summed E-state index contributed by atoms with van der Waals surface area (Å²) in [7, 11) is 1.84. The molecule has 1 unspecified atom stereocenters. The summed E-state index contributed by atoms with van der Waals surface area (Å²) in [6.45, 7) is 4.52. The zero-order valence-corrected chi connectivity index (χ0v) is 17.1. The predicted molar refractivity (Wildman–Crippen MR) is 109 cm³/mol. The van der Waals surface area contributed by atoms with Gasteiger partial charge < -0.3 is 14.4 Å². The van der Waals surface area contributed by atoms with Crippen LogP contribution in [0.25, 0.3) is 0 Å². The summed E-state index contributed by atoms with van der Waals surface area (Å²) < 4.78 is 11.4. The Morgan fingerprint density at radius 3 is 2.57 bits per heavy atom. The van der Waals surface area contributed by atoms with Crippen molar-refractivity contribution in [2.45, 2.75) is 62.6 Å². The van der Waals surface area contributed by atoms with Gasteiger partial charge in [0, 0.05) is 52.4 Å². The number of carbonyl (C=O) groups excluding carboxylic acids is 1. The van der Waals surface area contributed by atoms with E-state index >= 15 is 0 Å². The van der Waals surface area contributed by atoms with Gasteiger partial charge in [-0.1, -0.05) is 30.3 Å². The first-order valence-corrected chi connectivity index (χ1v) is 10.9. The highest BCUT2D eigenvalue weighted by Crippen LogP contribution is 2.44. The Morgan fingerprint density at radius 1 is 1.18 bits per heavy atom.